The van der Waals surface area contributed by atoms with E-state index in [4.69, 9.17) is 4.42 Å². The van der Waals surface area contributed by atoms with Crippen molar-refractivity contribution in [3.63, 3.8) is 0 Å². The summed E-state index contributed by atoms with van der Waals surface area (Å²) >= 11 is 3.15. The van der Waals surface area contributed by atoms with Gasteiger partial charge < -0.3 is 9.73 Å². The van der Waals surface area contributed by atoms with E-state index >= 15 is 0 Å². The van der Waals surface area contributed by atoms with Gasteiger partial charge in [-0.1, -0.05) is 6.92 Å². The van der Waals surface area contributed by atoms with Crippen molar-refractivity contribution < 1.29 is 4.42 Å². The van der Waals surface area contributed by atoms with Crippen molar-refractivity contribution >= 4 is 39.3 Å². The number of aromatic nitrogens is 3. The molecule has 0 radical (unpaired) electrons. The summed E-state index contributed by atoms with van der Waals surface area (Å²) in [5.74, 6) is 0.653. The Bertz CT molecular complexity index is 766. The molecule has 0 aliphatic heterocycles. The van der Waals surface area contributed by atoms with Gasteiger partial charge in [0, 0.05) is 16.8 Å². The van der Waals surface area contributed by atoms with Crippen molar-refractivity contribution in [3.8, 4) is 0 Å². The summed E-state index contributed by atoms with van der Waals surface area (Å²) in [6, 6.07) is 2.16. The molecule has 7 heteroatoms. The van der Waals surface area contributed by atoms with Crippen molar-refractivity contribution in [1.29, 1.82) is 0 Å². The lowest BCUT2D eigenvalue weighted by Gasteiger charge is -2.04. The van der Waals surface area contributed by atoms with Crippen molar-refractivity contribution in [3.05, 3.63) is 22.9 Å². The molecule has 0 aliphatic rings. The summed E-state index contributed by atoms with van der Waals surface area (Å²) in [7, 11) is 0. The maximum absolute atomic E-state index is 5.42. The van der Waals surface area contributed by atoms with Gasteiger partial charge in [-0.3, -0.25) is 0 Å². The molecule has 1 N–H and O–H groups in total. The third kappa shape index (κ3) is 3.03. The zero-order valence-electron chi connectivity index (χ0n) is 12.1. The van der Waals surface area contributed by atoms with E-state index in [1.807, 2.05) is 13.8 Å². The van der Waals surface area contributed by atoms with Crippen LogP contribution < -0.4 is 5.32 Å². The molecule has 3 rings (SSSR count). The van der Waals surface area contributed by atoms with Gasteiger partial charge in [-0.15, -0.1) is 11.3 Å². The van der Waals surface area contributed by atoms with E-state index in [0.717, 1.165) is 33.9 Å². The van der Waals surface area contributed by atoms with E-state index in [1.165, 1.54) is 16.6 Å². The Balaban J connectivity index is 2.06. The number of oxazole rings is 1. The molecule has 3 aromatic heterocycles. The molecule has 5 nitrogen and oxygen atoms in total. The van der Waals surface area contributed by atoms with Crippen LogP contribution in [0.3, 0.4) is 0 Å². The first-order chi connectivity index (χ1) is 10.2. The fraction of sp³-hybridized carbons (Fsp3) is 0.357. The second-order valence-electron chi connectivity index (χ2n) is 4.52. The van der Waals surface area contributed by atoms with Crippen molar-refractivity contribution in [1.82, 2.24) is 15.0 Å². The van der Waals surface area contributed by atoms with Crippen LogP contribution in [-0.2, 0) is 6.42 Å². The molecular formula is C14H16N4OS2. The van der Waals surface area contributed by atoms with Crippen LogP contribution in [0.1, 0.15) is 24.4 Å². The Kier molecular flexibility index (Phi) is 4.12. The molecule has 0 aliphatic carbocycles. The molecule has 110 valence electrons. The third-order valence-electron chi connectivity index (χ3n) is 2.87. The number of hydrogen-bond acceptors (Lipinski definition) is 7. The highest BCUT2D eigenvalue weighted by atomic mass is 32.2. The number of nitrogens with zero attached hydrogens (tertiary/aromatic N) is 3. The lowest BCUT2D eigenvalue weighted by Crippen LogP contribution is -2.02. The monoisotopic (exact) mass is 320 g/mol. The first kappa shape index (κ1) is 14.3. The van der Waals surface area contributed by atoms with Crippen LogP contribution in [0.25, 0.3) is 10.2 Å². The van der Waals surface area contributed by atoms with E-state index in [0.29, 0.717) is 11.2 Å². The summed E-state index contributed by atoms with van der Waals surface area (Å²) in [5.41, 5.74) is 0.870. The summed E-state index contributed by atoms with van der Waals surface area (Å²) in [4.78, 5) is 15.8. The average molecular weight is 320 g/mol. The molecule has 0 saturated heterocycles. The Morgan fingerprint density at radius 2 is 2.14 bits per heavy atom. The number of hydrogen-bond donors (Lipinski definition) is 1. The summed E-state index contributed by atoms with van der Waals surface area (Å²) < 4.78 is 5.42. The molecule has 0 spiro atoms. The second kappa shape index (κ2) is 6.03. The van der Waals surface area contributed by atoms with Crippen molar-refractivity contribution in [2.45, 2.75) is 37.4 Å². The zero-order valence-corrected chi connectivity index (χ0v) is 13.8. The van der Waals surface area contributed by atoms with E-state index in [-0.39, 0.29) is 0 Å². The maximum Gasteiger partial charge on any atom is 0.262 e. The minimum absolute atomic E-state index is 0.610. The van der Waals surface area contributed by atoms with Crippen LogP contribution in [0, 0.1) is 6.92 Å². The molecule has 21 heavy (non-hydrogen) atoms. The number of rotatable bonds is 5. The molecule has 0 aromatic carbocycles. The molecule has 3 heterocycles. The fourth-order valence-corrected chi connectivity index (χ4v) is 3.78. The minimum atomic E-state index is 0.610. The van der Waals surface area contributed by atoms with Gasteiger partial charge in [-0.05, 0) is 38.1 Å². The van der Waals surface area contributed by atoms with Crippen LogP contribution >= 0.6 is 23.1 Å². The average Bonchev–Trinajstić information content (AvgIpc) is 3.05. The molecular weight excluding hydrogens is 304 g/mol. The van der Waals surface area contributed by atoms with Gasteiger partial charge in [0.1, 0.15) is 16.1 Å². The van der Waals surface area contributed by atoms with Crippen LogP contribution in [0.2, 0.25) is 0 Å². The standard InChI is InChI=1S/C14H16N4OS2/c1-4-9-6-10-11(20-9)17-13(15-5-2)18-12(10)21-14-16-8(3)7-19-14/h6-7H,4-5H2,1-3H3,(H,15,17,18). The topological polar surface area (TPSA) is 63.8 Å². The number of anilines is 1. The third-order valence-corrected chi connectivity index (χ3v) is 4.91. The van der Waals surface area contributed by atoms with Crippen LogP contribution in [-0.4, -0.2) is 21.5 Å². The lowest BCUT2D eigenvalue weighted by molar-refractivity contribution is 0.454. The number of thiophene rings is 1. The molecule has 0 atom stereocenters. The van der Waals surface area contributed by atoms with Gasteiger partial charge >= 0.3 is 0 Å². The molecule has 0 amide bonds. The Labute approximate surface area is 131 Å². The van der Waals surface area contributed by atoms with E-state index in [9.17, 15) is 0 Å². The van der Waals surface area contributed by atoms with Gasteiger partial charge in [-0.2, -0.15) is 0 Å². The highest BCUT2D eigenvalue weighted by Crippen LogP contribution is 2.35. The Morgan fingerprint density at radius 3 is 2.81 bits per heavy atom. The first-order valence-electron chi connectivity index (χ1n) is 6.84. The normalized spacial score (nSPS) is 11.2. The number of fused-ring (bicyclic) bond motifs is 1. The predicted molar refractivity (Wildman–Crippen MR) is 86.3 cm³/mol. The highest BCUT2D eigenvalue weighted by molar-refractivity contribution is 7.99. The Hall–Kier alpha value is -1.60. The quantitative estimate of drug-likeness (QED) is 0.713. The molecule has 3 aromatic rings. The van der Waals surface area contributed by atoms with Gasteiger partial charge in [0.25, 0.3) is 5.22 Å². The zero-order chi connectivity index (χ0) is 14.8. The lowest BCUT2D eigenvalue weighted by atomic mass is 10.3. The van der Waals surface area contributed by atoms with E-state index in [1.54, 1.807) is 17.6 Å². The van der Waals surface area contributed by atoms with Gasteiger partial charge in [0.15, 0.2) is 0 Å². The second-order valence-corrected chi connectivity index (χ2v) is 6.58. The first-order valence-corrected chi connectivity index (χ1v) is 8.47. The van der Waals surface area contributed by atoms with Crippen LogP contribution in [0.5, 0.6) is 0 Å². The van der Waals surface area contributed by atoms with Gasteiger partial charge in [-0.25, -0.2) is 15.0 Å². The van der Waals surface area contributed by atoms with Crippen molar-refractivity contribution in [2.24, 2.45) is 0 Å². The summed E-state index contributed by atoms with van der Waals surface area (Å²) in [6.07, 6.45) is 2.65. The largest absolute Gasteiger partial charge is 0.439 e. The number of nitrogens with one attached hydrogen (secondary N) is 1. The van der Waals surface area contributed by atoms with Gasteiger partial charge in [0.05, 0.1) is 5.69 Å². The number of aryl methyl sites for hydroxylation is 2. The maximum atomic E-state index is 5.42. The van der Waals surface area contributed by atoms with Crippen LogP contribution in [0.15, 0.2) is 27.0 Å². The molecule has 0 bridgehead atoms. The molecule has 0 fully saturated rings. The fourth-order valence-electron chi connectivity index (χ4n) is 1.90. The Morgan fingerprint density at radius 1 is 1.29 bits per heavy atom. The van der Waals surface area contributed by atoms with E-state index in [2.05, 4.69) is 33.3 Å². The van der Waals surface area contributed by atoms with Crippen LogP contribution in [0.4, 0.5) is 5.95 Å². The summed E-state index contributed by atoms with van der Waals surface area (Å²) in [5, 5.41) is 5.74. The molecule has 0 unspecified atom stereocenters. The minimum Gasteiger partial charge on any atom is -0.439 e. The highest BCUT2D eigenvalue weighted by Gasteiger charge is 2.14. The van der Waals surface area contributed by atoms with Gasteiger partial charge in [0.2, 0.25) is 5.95 Å². The molecule has 0 saturated carbocycles. The summed E-state index contributed by atoms with van der Waals surface area (Å²) in [6.45, 7) is 6.88. The smallest absolute Gasteiger partial charge is 0.262 e. The predicted octanol–water partition coefficient (Wildman–Crippen LogP) is 4.13. The SMILES string of the molecule is CCNc1nc(Sc2nc(C)co2)c2cc(CC)sc2n1. The van der Waals surface area contributed by atoms with Crippen molar-refractivity contribution in [2.75, 3.05) is 11.9 Å². The van der Waals surface area contributed by atoms with E-state index < -0.39 is 0 Å².